The van der Waals surface area contributed by atoms with Crippen LogP contribution in [0.3, 0.4) is 0 Å². The van der Waals surface area contributed by atoms with Gasteiger partial charge in [0.1, 0.15) is 0 Å². The van der Waals surface area contributed by atoms with E-state index in [1.807, 2.05) is 24.3 Å². The summed E-state index contributed by atoms with van der Waals surface area (Å²) in [4.78, 5) is 19.3. The summed E-state index contributed by atoms with van der Waals surface area (Å²) in [5.74, 6) is 0.499. The van der Waals surface area contributed by atoms with Crippen molar-refractivity contribution in [2.45, 2.75) is 38.2 Å². The van der Waals surface area contributed by atoms with Crippen LogP contribution < -0.4 is 5.32 Å². The van der Waals surface area contributed by atoms with E-state index in [2.05, 4.69) is 15.3 Å². The molecular weight excluding hydrogens is 254 g/mol. The molecule has 2 heterocycles. The third-order valence-corrected chi connectivity index (χ3v) is 3.61. The number of carbonyl (C=O) groups is 1. The molecule has 3 rings (SSSR count). The molecule has 1 unspecified atom stereocenters. The van der Waals surface area contributed by atoms with Crippen molar-refractivity contribution in [2.75, 3.05) is 11.9 Å². The van der Waals surface area contributed by atoms with Crippen LogP contribution in [0.15, 0.2) is 24.3 Å². The average Bonchev–Trinajstić information content (AvgIpc) is 2.88. The highest BCUT2D eigenvalue weighted by atomic mass is 16.5. The number of aromatic amines is 1. The number of nitrogens with one attached hydrogen (secondary N) is 2. The Labute approximate surface area is 117 Å². The number of aromatic nitrogens is 2. The van der Waals surface area contributed by atoms with Gasteiger partial charge < -0.3 is 9.72 Å². The van der Waals surface area contributed by atoms with Crippen molar-refractivity contribution in [1.82, 2.24) is 9.97 Å². The first kappa shape index (κ1) is 13.1. The maximum Gasteiger partial charge on any atom is 0.226 e. The largest absolute Gasteiger partial charge is 0.378 e. The summed E-state index contributed by atoms with van der Waals surface area (Å²) in [6.07, 6.45) is 4.91. The van der Waals surface area contributed by atoms with E-state index in [1.54, 1.807) is 0 Å². The number of H-pyrrole nitrogens is 1. The number of rotatable bonds is 4. The van der Waals surface area contributed by atoms with Crippen molar-refractivity contribution in [3.05, 3.63) is 24.3 Å². The number of nitrogens with zero attached hydrogens (tertiary/aromatic N) is 1. The van der Waals surface area contributed by atoms with Crippen molar-refractivity contribution in [3.8, 4) is 0 Å². The van der Waals surface area contributed by atoms with Gasteiger partial charge in [-0.25, -0.2) is 4.98 Å². The van der Waals surface area contributed by atoms with Gasteiger partial charge in [0.25, 0.3) is 0 Å². The Morgan fingerprint density at radius 1 is 1.40 bits per heavy atom. The molecule has 106 valence electrons. The van der Waals surface area contributed by atoms with Gasteiger partial charge in [0, 0.05) is 13.0 Å². The Bertz CT molecular complexity index is 555. The summed E-state index contributed by atoms with van der Waals surface area (Å²) < 4.78 is 5.62. The number of benzene rings is 1. The second-order valence-corrected chi connectivity index (χ2v) is 5.18. The summed E-state index contributed by atoms with van der Waals surface area (Å²) in [5.41, 5.74) is 1.79. The molecule has 0 radical (unpaired) electrons. The molecule has 1 aromatic heterocycles. The van der Waals surface area contributed by atoms with E-state index in [0.29, 0.717) is 12.4 Å². The zero-order chi connectivity index (χ0) is 13.8. The van der Waals surface area contributed by atoms with Gasteiger partial charge in [-0.3, -0.25) is 10.1 Å². The van der Waals surface area contributed by atoms with Crippen molar-refractivity contribution in [3.63, 3.8) is 0 Å². The number of amides is 1. The molecule has 2 aromatic rings. The number of fused-ring (bicyclic) bond motifs is 1. The highest BCUT2D eigenvalue weighted by molar-refractivity contribution is 5.91. The first-order valence-electron chi connectivity index (χ1n) is 7.17. The maximum atomic E-state index is 11.9. The Morgan fingerprint density at radius 2 is 2.30 bits per heavy atom. The highest BCUT2D eigenvalue weighted by Crippen LogP contribution is 2.18. The lowest BCUT2D eigenvalue weighted by molar-refractivity contribution is -0.117. The minimum Gasteiger partial charge on any atom is -0.378 e. The van der Waals surface area contributed by atoms with Crippen LogP contribution in [-0.4, -0.2) is 28.6 Å². The van der Waals surface area contributed by atoms with Crippen LogP contribution in [0.1, 0.15) is 32.1 Å². The van der Waals surface area contributed by atoms with Crippen LogP contribution in [0.5, 0.6) is 0 Å². The van der Waals surface area contributed by atoms with Crippen LogP contribution in [0.2, 0.25) is 0 Å². The lowest BCUT2D eigenvalue weighted by atomic mass is 10.0. The maximum absolute atomic E-state index is 11.9. The summed E-state index contributed by atoms with van der Waals surface area (Å²) in [7, 11) is 0. The molecule has 1 aliphatic rings. The molecule has 1 aromatic carbocycles. The van der Waals surface area contributed by atoms with Gasteiger partial charge in [0.15, 0.2) is 0 Å². The molecule has 1 saturated heterocycles. The fraction of sp³-hybridized carbons (Fsp3) is 0.467. The number of hydrogen-bond acceptors (Lipinski definition) is 3. The van der Waals surface area contributed by atoms with Crippen LogP contribution in [-0.2, 0) is 9.53 Å². The minimum absolute atomic E-state index is 0.0155. The first-order chi connectivity index (χ1) is 9.81. The summed E-state index contributed by atoms with van der Waals surface area (Å²) in [6, 6.07) is 7.72. The Morgan fingerprint density at radius 3 is 3.10 bits per heavy atom. The zero-order valence-electron chi connectivity index (χ0n) is 11.4. The number of hydrogen-bond donors (Lipinski definition) is 2. The van der Waals surface area contributed by atoms with E-state index in [4.69, 9.17) is 4.74 Å². The Balaban J connectivity index is 1.52. The molecule has 5 nitrogen and oxygen atoms in total. The van der Waals surface area contributed by atoms with E-state index in [-0.39, 0.29) is 12.0 Å². The molecule has 5 heteroatoms. The standard InChI is InChI=1S/C15H19N3O2/c19-14(9-8-11-5-3-4-10-20-11)18-15-16-12-6-1-2-7-13(12)17-15/h1-2,6-7,11H,3-5,8-10H2,(H2,16,17,18,19). The second kappa shape index (κ2) is 6.05. The third-order valence-electron chi connectivity index (χ3n) is 3.61. The van der Waals surface area contributed by atoms with E-state index in [9.17, 15) is 4.79 Å². The minimum atomic E-state index is -0.0155. The van der Waals surface area contributed by atoms with Gasteiger partial charge in [-0.05, 0) is 37.8 Å². The van der Waals surface area contributed by atoms with Gasteiger partial charge >= 0.3 is 0 Å². The fourth-order valence-corrected chi connectivity index (χ4v) is 2.53. The highest BCUT2D eigenvalue weighted by Gasteiger charge is 2.15. The molecule has 0 bridgehead atoms. The Hall–Kier alpha value is -1.88. The van der Waals surface area contributed by atoms with Gasteiger partial charge in [-0.15, -0.1) is 0 Å². The topological polar surface area (TPSA) is 67.0 Å². The van der Waals surface area contributed by atoms with Crippen molar-refractivity contribution >= 4 is 22.9 Å². The molecule has 1 aliphatic heterocycles. The molecule has 20 heavy (non-hydrogen) atoms. The van der Waals surface area contributed by atoms with E-state index in [1.165, 1.54) is 6.42 Å². The zero-order valence-corrected chi connectivity index (χ0v) is 11.4. The summed E-state index contributed by atoms with van der Waals surface area (Å²) in [6.45, 7) is 0.829. The molecule has 0 saturated carbocycles. The fourth-order valence-electron chi connectivity index (χ4n) is 2.53. The van der Waals surface area contributed by atoms with Crippen molar-refractivity contribution in [1.29, 1.82) is 0 Å². The van der Waals surface area contributed by atoms with Gasteiger partial charge in [-0.2, -0.15) is 0 Å². The van der Waals surface area contributed by atoms with Gasteiger partial charge in [-0.1, -0.05) is 12.1 Å². The first-order valence-corrected chi connectivity index (χ1v) is 7.17. The number of imidazole rings is 1. The molecule has 1 amide bonds. The smallest absolute Gasteiger partial charge is 0.226 e. The SMILES string of the molecule is O=C(CCC1CCCCO1)Nc1nc2ccccc2[nH]1. The number of para-hydroxylation sites is 2. The number of carbonyl (C=O) groups excluding carboxylic acids is 1. The second-order valence-electron chi connectivity index (χ2n) is 5.18. The van der Waals surface area contributed by atoms with Crippen LogP contribution >= 0.6 is 0 Å². The lowest BCUT2D eigenvalue weighted by Crippen LogP contribution is -2.22. The normalized spacial score (nSPS) is 19.1. The molecule has 1 fully saturated rings. The monoisotopic (exact) mass is 273 g/mol. The average molecular weight is 273 g/mol. The van der Waals surface area contributed by atoms with E-state index in [0.717, 1.165) is 36.9 Å². The van der Waals surface area contributed by atoms with Crippen LogP contribution in [0.25, 0.3) is 11.0 Å². The molecule has 2 N–H and O–H groups in total. The predicted octanol–water partition coefficient (Wildman–Crippen LogP) is 2.85. The van der Waals surface area contributed by atoms with Crippen LogP contribution in [0.4, 0.5) is 5.95 Å². The molecule has 0 spiro atoms. The van der Waals surface area contributed by atoms with Crippen molar-refractivity contribution < 1.29 is 9.53 Å². The lowest BCUT2D eigenvalue weighted by Gasteiger charge is -2.21. The van der Waals surface area contributed by atoms with Gasteiger partial charge in [0.05, 0.1) is 17.1 Å². The van der Waals surface area contributed by atoms with Gasteiger partial charge in [0.2, 0.25) is 11.9 Å². The molecule has 1 atom stereocenters. The number of anilines is 1. The quantitative estimate of drug-likeness (QED) is 0.900. The molecular formula is C15H19N3O2. The van der Waals surface area contributed by atoms with E-state index < -0.39 is 0 Å². The van der Waals surface area contributed by atoms with Crippen LogP contribution in [0, 0.1) is 0 Å². The summed E-state index contributed by atoms with van der Waals surface area (Å²) >= 11 is 0. The third kappa shape index (κ3) is 3.17. The Kier molecular flexibility index (Phi) is 3.97. The number of ether oxygens (including phenoxy) is 1. The van der Waals surface area contributed by atoms with Crippen molar-refractivity contribution in [2.24, 2.45) is 0 Å². The van der Waals surface area contributed by atoms with E-state index >= 15 is 0 Å². The molecule has 0 aliphatic carbocycles. The summed E-state index contributed by atoms with van der Waals surface area (Å²) in [5, 5.41) is 2.81. The predicted molar refractivity (Wildman–Crippen MR) is 77.5 cm³/mol.